The molecule has 2 aromatic rings. The maximum absolute atomic E-state index is 13.6. The minimum absolute atomic E-state index is 0.156. The predicted octanol–water partition coefficient (Wildman–Crippen LogP) is 3.36. The summed E-state index contributed by atoms with van der Waals surface area (Å²) >= 11 is 0. The van der Waals surface area contributed by atoms with Gasteiger partial charge in [-0.1, -0.05) is 24.3 Å². The van der Waals surface area contributed by atoms with Crippen LogP contribution in [0.5, 0.6) is 5.75 Å². The molecule has 0 spiro atoms. The van der Waals surface area contributed by atoms with Gasteiger partial charge >= 0.3 is 0 Å². The van der Waals surface area contributed by atoms with Gasteiger partial charge in [0.15, 0.2) is 6.61 Å². The second-order valence-corrected chi connectivity index (χ2v) is 5.25. The smallest absolute Gasteiger partial charge is 0.277 e. The van der Waals surface area contributed by atoms with E-state index in [0.29, 0.717) is 17.0 Å². The summed E-state index contributed by atoms with van der Waals surface area (Å²) in [5.74, 6) is -0.161. The Morgan fingerprint density at radius 2 is 1.91 bits per heavy atom. The van der Waals surface area contributed by atoms with Crippen LogP contribution in [0.25, 0.3) is 0 Å². The molecule has 0 atom stereocenters. The van der Waals surface area contributed by atoms with Crippen LogP contribution in [0.2, 0.25) is 0 Å². The van der Waals surface area contributed by atoms with Crippen molar-refractivity contribution >= 4 is 11.6 Å². The molecular formula is C18H19FN2O2. The Kier molecular flexibility index (Phi) is 5.46. The fourth-order valence-corrected chi connectivity index (χ4v) is 1.95. The molecule has 0 bridgehead atoms. The molecule has 1 amide bonds. The van der Waals surface area contributed by atoms with Crippen molar-refractivity contribution in [1.29, 1.82) is 0 Å². The number of hydrogen-bond donors (Lipinski definition) is 1. The molecule has 120 valence electrons. The minimum Gasteiger partial charge on any atom is -0.484 e. The van der Waals surface area contributed by atoms with Crippen molar-refractivity contribution in [3.8, 4) is 5.75 Å². The van der Waals surface area contributed by atoms with Crippen LogP contribution < -0.4 is 10.2 Å². The molecule has 0 saturated heterocycles. The molecule has 0 aliphatic heterocycles. The van der Waals surface area contributed by atoms with Crippen LogP contribution in [-0.2, 0) is 4.79 Å². The minimum atomic E-state index is -0.404. The van der Waals surface area contributed by atoms with Gasteiger partial charge < -0.3 is 4.74 Å². The second kappa shape index (κ2) is 7.54. The average Bonchev–Trinajstić information content (AvgIpc) is 2.54. The zero-order valence-electron chi connectivity index (χ0n) is 13.4. The number of benzene rings is 2. The van der Waals surface area contributed by atoms with Crippen LogP contribution in [-0.4, -0.2) is 18.2 Å². The van der Waals surface area contributed by atoms with E-state index in [2.05, 4.69) is 10.5 Å². The van der Waals surface area contributed by atoms with E-state index >= 15 is 0 Å². The van der Waals surface area contributed by atoms with E-state index in [1.807, 2.05) is 32.0 Å². The lowest BCUT2D eigenvalue weighted by Gasteiger charge is -2.08. The average molecular weight is 314 g/mol. The molecule has 23 heavy (non-hydrogen) atoms. The highest BCUT2D eigenvalue weighted by Crippen LogP contribution is 2.16. The summed E-state index contributed by atoms with van der Waals surface area (Å²) in [7, 11) is 0. The first kappa shape index (κ1) is 16.7. The monoisotopic (exact) mass is 314 g/mol. The normalized spacial score (nSPS) is 11.2. The Hall–Kier alpha value is -2.69. The molecule has 0 aliphatic rings. The molecule has 0 fully saturated rings. The molecule has 0 aliphatic carbocycles. The van der Waals surface area contributed by atoms with E-state index in [0.717, 1.165) is 11.1 Å². The lowest BCUT2D eigenvalue weighted by molar-refractivity contribution is -0.123. The van der Waals surface area contributed by atoms with Gasteiger partial charge in [-0.2, -0.15) is 5.10 Å². The van der Waals surface area contributed by atoms with Crippen molar-refractivity contribution in [2.24, 2.45) is 5.10 Å². The van der Waals surface area contributed by atoms with E-state index < -0.39 is 5.91 Å². The van der Waals surface area contributed by atoms with Crippen molar-refractivity contribution < 1.29 is 13.9 Å². The molecule has 0 saturated carbocycles. The van der Waals surface area contributed by atoms with Gasteiger partial charge in [-0.25, -0.2) is 9.82 Å². The molecule has 1 N–H and O–H groups in total. The second-order valence-electron chi connectivity index (χ2n) is 5.25. The Labute approximate surface area is 135 Å². The number of hydrogen-bond acceptors (Lipinski definition) is 3. The van der Waals surface area contributed by atoms with Gasteiger partial charge in [-0.05, 0) is 50.1 Å². The summed E-state index contributed by atoms with van der Waals surface area (Å²) in [6.07, 6.45) is 0. The summed E-state index contributed by atoms with van der Waals surface area (Å²) in [6.45, 7) is 5.45. The van der Waals surface area contributed by atoms with E-state index in [4.69, 9.17) is 4.74 Å². The number of nitrogens with zero attached hydrogens (tertiary/aromatic N) is 1. The van der Waals surface area contributed by atoms with Crippen LogP contribution in [0, 0.1) is 19.7 Å². The lowest BCUT2D eigenvalue weighted by Crippen LogP contribution is -2.25. The number of hydrazone groups is 1. The SMILES string of the molecule is C/C(=N/NC(=O)COc1ccc(C)c(C)c1)c1ccccc1F. The standard InChI is InChI=1S/C18H19FN2O2/c1-12-8-9-15(10-13(12)2)23-11-18(22)21-20-14(3)16-6-4-5-7-17(16)19/h4-10H,11H2,1-3H3,(H,21,22)/b20-14-. The van der Waals surface area contributed by atoms with Crippen LogP contribution in [0.15, 0.2) is 47.6 Å². The molecule has 0 aromatic heterocycles. The highest BCUT2D eigenvalue weighted by molar-refractivity contribution is 5.99. The van der Waals surface area contributed by atoms with Gasteiger partial charge in [0.05, 0.1) is 5.71 Å². The fraction of sp³-hybridized carbons (Fsp3) is 0.222. The fourth-order valence-electron chi connectivity index (χ4n) is 1.95. The van der Waals surface area contributed by atoms with E-state index in [9.17, 15) is 9.18 Å². The zero-order valence-corrected chi connectivity index (χ0v) is 13.4. The maximum Gasteiger partial charge on any atom is 0.277 e. The molecule has 0 heterocycles. The van der Waals surface area contributed by atoms with Gasteiger partial charge in [0, 0.05) is 5.56 Å². The summed E-state index contributed by atoms with van der Waals surface area (Å²) in [5, 5.41) is 3.90. The van der Waals surface area contributed by atoms with Gasteiger partial charge in [0.25, 0.3) is 5.91 Å². The first-order chi connectivity index (χ1) is 11.0. The van der Waals surface area contributed by atoms with Crippen molar-refractivity contribution in [1.82, 2.24) is 5.43 Å². The Morgan fingerprint density at radius 1 is 1.17 bits per heavy atom. The molecule has 2 aromatic carbocycles. The first-order valence-electron chi connectivity index (χ1n) is 7.25. The summed E-state index contributed by atoms with van der Waals surface area (Å²) < 4.78 is 19.0. The van der Waals surface area contributed by atoms with Crippen LogP contribution in [0.4, 0.5) is 4.39 Å². The Bertz CT molecular complexity index is 742. The third-order valence-electron chi connectivity index (χ3n) is 3.46. The first-order valence-corrected chi connectivity index (χ1v) is 7.25. The summed E-state index contributed by atoms with van der Waals surface area (Å²) in [5.41, 5.74) is 5.36. The van der Waals surface area contributed by atoms with Crippen LogP contribution in [0.3, 0.4) is 0 Å². The van der Waals surface area contributed by atoms with Crippen molar-refractivity contribution in [2.45, 2.75) is 20.8 Å². The van der Waals surface area contributed by atoms with E-state index in [-0.39, 0.29) is 12.4 Å². The van der Waals surface area contributed by atoms with E-state index in [1.165, 1.54) is 6.07 Å². The van der Waals surface area contributed by atoms with Crippen molar-refractivity contribution in [3.63, 3.8) is 0 Å². The number of carbonyl (C=O) groups is 1. The van der Waals surface area contributed by atoms with Crippen molar-refractivity contribution in [2.75, 3.05) is 6.61 Å². The Morgan fingerprint density at radius 3 is 2.61 bits per heavy atom. The lowest BCUT2D eigenvalue weighted by atomic mass is 10.1. The number of carbonyl (C=O) groups excluding carboxylic acids is 1. The molecule has 2 rings (SSSR count). The highest BCUT2D eigenvalue weighted by atomic mass is 19.1. The van der Waals surface area contributed by atoms with Gasteiger partial charge in [0.1, 0.15) is 11.6 Å². The molecular weight excluding hydrogens is 295 g/mol. The molecule has 0 radical (unpaired) electrons. The Balaban J connectivity index is 1.91. The van der Waals surface area contributed by atoms with Crippen molar-refractivity contribution in [3.05, 3.63) is 65.0 Å². The number of amides is 1. The van der Waals surface area contributed by atoms with Gasteiger partial charge in [0.2, 0.25) is 0 Å². The van der Waals surface area contributed by atoms with Crippen LogP contribution in [0.1, 0.15) is 23.6 Å². The molecule has 0 unspecified atom stereocenters. The summed E-state index contributed by atoms with van der Waals surface area (Å²) in [4.78, 5) is 11.8. The number of ether oxygens (including phenoxy) is 1. The third kappa shape index (κ3) is 4.64. The number of rotatable bonds is 5. The number of nitrogens with one attached hydrogen (secondary N) is 1. The largest absolute Gasteiger partial charge is 0.484 e. The van der Waals surface area contributed by atoms with E-state index in [1.54, 1.807) is 25.1 Å². The van der Waals surface area contributed by atoms with Gasteiger partial charge in [-0.3, -0.25) is 4.79 Å². The highest BCUT2D eigenvalue weighted by Gasteiger charge is 2.06. The van der Waals surface area contributed by atoms with Crippen LogP contribution >= 0.6 is 0 Å². The zero-order chi connectivity index (χ0) is 16.8. The third-order valence-corrected chi connectivity index (χ3v) is 3.46. The molecule has 5 heteroatoms. The molecule has 4 nitrogen and oxygen atoms in total. The topological polar surface area (TPSA) is 50.7 Å². The number of halogens is 1. The quantitative estimate of drug-likeness (QED) is 0.679. The predicted molar refractivity (Wildman–Crippen MR) is 88.2 cm³/mol. The number of aryl methyl sites for hydroxylation is 2. The summed E-state index contributed by atoms with van der Waals surface area (Å²) in [6, 6.07) is 11.9. The maximum atomic E-state index is 13.6. The van der Waals surface area contributed by atoms with Gasteiger partial charge in [-0.15, -0.1) is 0 Å².